The molecule has 8 N–H and O–H groups in total. The molecular formula is C26H29N11O7S2. The Balaban J connectivity index is 1.42. The Morgan fingerprint density at radius 3 is 2.59 bits per heavy atom. The van der Waals surface area contributed by atoms with Gasteiger partial charge in [-0.25, -0.2) is 14.6 Å². The van der Waals surface area contributed by atoms with Crippen molar-refractivity contribution in [3.8, 4) is 5.75 Å². The summed E-state index contributed by atoms with van der Waals surface area (Å²) in [6, 6.07) is 1.37. The Labute approximate surface area is 268 Å². The van der Waals surface area contributed by atoms with Crippen LogP contribution in [0.3, 0.4) is 0 Å². The minimum Gasteiger partial charge on any atom is -0.508 e. The third-order valence-corrected chi connectivity index (χ3v) is 9.18. The van der Waals surface area contributed by atoms with E-state index in [4.69, 9.17) is 5.73 Å². The lowest BCUT2D eigenvalue weighted by molar-refractivity contribution is -0.150. The van der Waals surface area contributed by atoms with E-state index < -0.39 is 46.8 Å². The summed E-state index contributed by atoms with van der Waals surface area (Å²) in [6.45, 7) is 4.42. The van der Waals surface area contributed by atoms with Crippen LogP contribution in [0.5, 0.6) is 5.75 Å². The van der Waals surface area contributed by atoms with Crippen molar-refractivity contribution in [3.63, 3.8) is 0 Å². The number of aromatic hydroxyl groups is 1. The van der Waals surface area contributed by atoms with Crippen LogP contribution in [0.2, 0.25) is 0 Å². The molecule has 46 heavy (non-hydrogen) atoms. The van der Waals surface area contributed by atoms with Crippen LogP contribution >= 0.6 is 23.5 Å². The molecule has 0 radical (unpaired) electrons. The minimum absolute atomic E-state index is 0.127. The van der Waals surface area contributed by atoms with Crippen LogP contribution in [0.25, 0.3) is 0 Å². The number of tetrazole rings is 1. The highest BCUT2D eigenvalue weighted by Gasteiger charge is 2.55. The third-order valence-electron chi connectivity index (χ3n) is 6.92. The van der Waals surface area contributed by atoms with E-state index in [1.807, 2.05) is 13.8 Å². The number of nitrogens with zero attached hydrogens (tertiary/aromatic N) is 6. The average Bonchev–Trinajstić information content (AvgIpc) is 3.54. The molecule has 0 bridgehead atoms. The van der Waals surface area contributed by atoms with Crippen LogP contribution in [0.15, 0.2) is 51.7 Å². The van der Waals surface area contributed by atoms with Crippen LogP contribution in [-0.4, -0.2) is 99.0 Å². The van der Waals surface area contributed by atoms with Crippen LogP contribution in [-0.2, 0) is 14.4 Å². The summed E-state index contributed by atoms with van der Waals surface area (Å²) >= 11 is 2.39. The fraction of sp³-hybridized carbons (Fsp3) is 0.346. The number of aromatic amines is 2. The number of phenolic OH excluding ortho intramolecular Hbond substituents is 1. The summed E-state index contributed by atoms with van der Waals surface area (Å²) in [7, 11) is 0. The summed E-state index contributed by atoms with van der Waals surface area (Å²) < 4.78 is 0. The van der Waals surface area contributed by atoms with Gasteiger partial charge < -0.3 is 26.6 Å². The van der Waals surface area contributed by atoms with Crippen LogP contribution < -0.4 is 26.8 Å². The maximum atomic E-state index is 13.9. The highest BCUT2D eigenvalue weighted by Crippen LogP contribution is 2.42. The van der Waals surface area contributed by atoms with Crippen molar-refractivity contribution in [2.24, 2.45) is 11.7 Å². The van der Waals surface area contributed by atoms with Gasteiger partial charge in [0.25, 0.3) is 11.5 Å². The van der Waals surface area contributed by atoms with Gasteiger partial charge in [0.05, 0.1) is 6.20 Å². The molecule has 5 rings (SSSR count). The van der Waals surface area contributed by atoms with Gasteiger partial charge in [-0.1, -0.05) is 37.7 Å². The first-order valence-electron chi connectivity index (χ1n) is 13.7. The van der Waals surface area contributed by atoms with Crippen molar-refractivity contribution in [1.82, 2.24) is 40.8 Å². The monoisotopic (exact) mass is 671 g/mol. The highest BCUT2D eigenvalue weighted by molar-refractivity contribution is 8.01. The van der Waals surface area contributed by atoms with Crippen LogP contribution in [0.4, 0.5) is 16.4 Å². The number of primary amides is 1. The number of anilines is 2. The number of aromatic nitrogens is 6. The number of nitrogens with one attached hydrogen (secondary N) is 4. The van der Waals surface area contributed by atoms with Gasteiger partial charge in [0.1, 0.15) is 34.6 Å². The number of carbonyl (C=O) groups is 4. The molecule has 1 aromatic carbocycles. The molecule has 2 unspecified atom stereocenters. The number of nitrogens with two attached hydrogens (primary N) is 1. The zero-order chi connectivity index (χ0) is 33.1. The van der Waals surface area contributed by atoms with E-state index in [9.17, 15) is 34.2 Å². The summed E-state index contributed by atoms with van der Waals surface area (Å²) in [5.74, 6) is -2.20. The van der Waals surface area contributed by atoms with E-state index in [0.717, 1.165) is 27.8 Å². The Hall–Kier alpha value is -5.11. The van der Waals surface area contributed by atoms with Crippen molar-refractivity contribution in [2.75, 3.05) is 28.3 Å². The second kappa shape index (κ2) is 13.5. The van der Waals surface area contributed by atoms with Crippen LogP contribution in [0.1, 0.15) is 25.5 Å². The Morgan fingerprint density at radius 1 is 1.24 bits per heavy atom. The van der Waals surface area contributed by atoms with Crippen molar-refractivity contribution >= 4 is 59.0 Å². The van der Waals surface area contributed by atoms with E-state index in [-0.39, 0.29) is 46.1 Å². The molecule has 0 saturated carbocycles. The average molecular weight is 672 g/mol. The first-order chi connectivity index (χ1) is 22.0. The predicted octanol–water partition coefficient (Wildman–Crippen LogP) is 0.214. The lowest BCUT2D eigenvalue weighted by atomic mass is 10.00. The number of β-lactam (4-membered cyclic amide) rings is 1. The normalized spacial score (nSPS) is 18.1. The first kappa shape index (κ1) is 32.3. The van der Waals surface area contributed by atoms with Gasteiger partial charge in [-0.05, 0) is 34.4 Å². The van der Waals surface area contributed by atoms with Gasteiger partial charge in [-0.3, -0.25) is 29.2 Å². The van der Waals surface area contributed by atoms with Gasteiger partial charge in [-0.2, -0.15) is 5.21 Å². The molecule has 242 valence electrons. The largest absolute Gasteiger partial charge is 0.508 e. The minimum atomic E-state index is -1.58. The lowest BCUT2D eigenvalue weighted by Crippen LogP contribution is -2.71. The zero-order valence-corrected chi connectivity index (χ0v) is 26.0. The molecule has 18 nitrogen and oxygen atoms in total. The molecule has 3 aromatic rings. The van der Waals surface area contributed by atoms with Gasteiger partial charge in [0.15, 0.2) is 0 Å². The molecular weight excluding hydrogens is 642 g/mol. The molecule has 2 aromatic heterocycles. The summed E-state index contributed by atoms with van der Waals surface area (Å²) in [5, 5.41) is 38.4. The quantitative estimate of drug-likeness (QED) is 0.100. The molecule has 2 aliphatic rings. The van der Waals surface area contributed by atoms with E-state index in [1.165, 1.54) is 36.0 Å². The smallest absolute Gasteiger partial charge is 0.352 e. The molecule has 20 heteroatoms. The second-order valence-corrected chi connectivity index (χ2v) is 12.6. The Bertz CT molecular complexity index is 1730. The molecule has 1 fully saturated rings. The van der Waals surface area contributed by atoms with Crippen LogP contribution in [0, 0.1) is 5.92 Å². The number of benzene rings is 1. The highest BCUT2D eigenvalue weighted by atomic mass is 32.2. The number of H-pyrrole nitrogens is 2. The predicted molar refractivity (Wildman–Crippen MR) is 166 cm³/mol. The van der Waals surface area contributed by atoms with Crippen molar-refractivity contribution in [2.45, 2.75) is 36.5 Å². The van der Waals surface area contributed by atoms with Gasteiger partial charge >= 0.3 is 12.0 Å². The van der Waals surface area contributed by atoms with E-state index in [1.54, 1.807) is 0 Å². The molecule has 0 spiro atoms. The number of carbonyl (C=O) groups excluding carboxylic acids is 3. The number of thioether (sulfide) groups is 2. The number of carboxylic acids is 1. The molecule has 1 saturated heterocycles. The van der Waals surface area contributed by atoms with E-state index in [0.29, 0.717) is 17.3 Å². The molecule has 3 atom stereocenters. The van der Waals surface area contributed by atoms with Crippen molar-refractivity contribution in [1.29, 1.82) is 0 Å². The first-order valence-corrected chi connectivity index (χ1v) is 15.8. The summed E-state index contributed by atoms with van der Waals surface area (Å²) in [6.07, 6.45) is 1.10. The number of hydrogen-bond donors (Lipinski definition) is 7. The number of aliphatic carboxylic acids is 1. The molecule has 2 aliphatic heterocycles. The number of urea groups is 1. The standard InChI is InChI=1S/C26H29N11O7S2/c1-11(2)7-28-25-29-8-15(19(39)31-25)36(24(27)44)17(12-3-5-14(38)6-4-12)20(40)30-16-21(41)37-18(23(42)43)13(9-45-22(16)37)10-46-26-32-34-35-33-26/h3-6,8,11,16-17,22,38H,7,9-10H2,1-2H3,(H2,27,44)(H,30,40)(H,42,43)(H2,28,29,31,39)(H,32,33,34,35)/t16?,17?,22-/m0/s1. The van der Waals surface area contributed by atoms with Gasteiger partial charge in [0.2, 0.25) is 17.0 Å². The number of carboxylic acid groups (broad SMARTS) is 1. The number of amides is 4. The number of fused-ring (bicyclic) bond motifs is 1. The Morgan fingerprint density at radius 2 is 1.98 bits per heavy atom. The van der Waals surface area contributed by atoms with E-state index in [2.05, 4.69) is 41.2 Å². The fourth-order valence-corrected chi connectivity index (χ4v) is 7.02. The van der Waals surface area contributed by atoms with Gasteiger partial charge in [-0.15, -0.1) is 22.0 Å². The van der Waals surface area contributed by atoms with Crippen molar-refractivity contribution < 1.29 is 29.4 Å². The maximum absolute atomic E-state index is 13.9. The molecule has 0 aliphatic carbocycles. The molecule has 4 amide bonds. The topological polar surface area (TPSA) is 266 Å². The Kier molecular flexibility index (Phi) is 9.46. The number of hydrogen-bond acceptors (Lipinski definition) is 13. The fourth-order valence-electron chi connectivity index (χ4n) is 4.80. The summed E-state index contributed by atoms with van der Waals surface area (Å²) in [4.78, 5) is 74.0. The zero-order valence-electron chi connectivity index (χ0n) is 24.3. The lowest BCUT2D eigenvalue weighted by Gasteiger charge is -2.49. The van der Waals surface area contributed by atoms with Crippen molar-refractivity contribution in [3.05, 3.63) is 57.6 Å². The second-order valence-electron chi connectivity index (χ2n) is 10.6. The number of phenols is 1. The third kappa shape index (κ3) is 6.61. The van der Waals surface area contributed by atoms with E-state index >= 15 is 0 Å². The number of rotatable bonds is 12. The SMILES string of the molecule is CC(C)CNc1ncc(N(C(N)=O)C(C(=O)NC2C(=O)N3C(C(=O)O)=C(CSc4nn[nH]n4)CS[C@@H]23)c2ccc(O)cc2)c(=O)[nH]1. The maximum Gasteiger partial charge on any atom is 0.352 e. The summed E-state index contributed by atoms with van der Waals surface area (Å²) in [5.41, 5.74) is 5.02. The van der Waals surface area contributed by atoms with Gasteiger partial charge in [0, 0.05) is 18.1 Å². The molecule has 4 heterocycles.